The summed E-state index contributed by atoms with van der Waals surface area (Å²) in [5, 5.41) is 0.922. The summed E-state index contributed by atoms with van der Waals surface area (Å²) in [6.07, 6.45) is -0.877. The number of hydrogen-bond acceptors (Lipinski definition) is 6. The Morgan fingerprint density at radius 1 is 1.20 bits per heavy atom. The second-order valence-electron chi connectivity index (χ2n) is 5.24. The molecule has 1 heterocycles. The van der Waals surface area contributed by atoms with Crippen LogP contribution in [0.1, 0.15) is 17.3 Å². The van der Waals surface area contributed by atoms with E-state index in [9.17, 15) is 9.59 Å². The van der Waals surface area contributed by atoms with Crippen LogP contribution < -0.4 is 0 Å². The fourth-order valence-electron chi connectivity index (χ4n) is 2.17. The van der Waals surface area contributed by atoms with Gasteiger partial charge in [-0.3, -0.25) is 9.59 Å². The molecule has 0 saturated heterocycles. The summed E-state index contributed by atoms with van der Waals surface area (Å²) in [5.74, 6) is -0.788. The van der Waals surface area contributed by atoms with Crippen molar-refractivity contribution in [1.29, 1.82) is 0 Å². The maximum absolute atomic E-state index is 12.2. The number of thioether (sulfide) groups is 1. The molecule has 1 atom stereocenters. The molecule has 0 radical (unpaired) electrons. The molecule has 7 heteroatoms. The number of ether oxygens (including phenoxy) is 1. The van der Waals surface area contributed by atoms with Gasteiger partial charge in [-0.1, -0.05) is 35.5 Å². The minimum absolute atomic E-state index is 0.00502. The Hall–Kier alpha value is -2.31. The van der Waals surface area contributed by atoms with E-state index in [2.05, 4.69) is 4.98 Å². The number of carbonyl (C=O) groups is 2. The number of oxazole rings is 1. The van der Waals surface area contributed by atoms with Gasteiger partial charge in [0.25, 0.3) is 5.22 Å². The first-order valence-corrected chi connectivity index (χ1v) is 8.87. The van der Waals surface area contributed by atoms with Gasteiger partial charge in [-0.25, -0.2) is 4.98 Å². The summed E-state index contributed by atoms with van der Waals surface area (Å²) in [7, 11) is 0. The van der Waals surface area contributed by atoms with E-state index < -0.39 is 12.1 Å². The van der Waals surface area contributed by atoms with Gasteiger partial charge in [0, 0.05) is 10.6 Å². The summed E-state index contributed by atoms with van der Waals surface area (Å²) in [6.45, 7) is 1.54. The van der Waals surface area contributed by atoms with Gasteiger partial charge in [-0.2, -0.15) is 0 Å². The summed E-state index contributed by atoms with van der Waals surface area (Å²) < 4.78 is 10.7. The molecule has 2 aromatic carbocycles. The van der Waals surface area contributed by atoms with Crippen molar-refractivity contribution in [3.8, 4) is 0 Å². The van der Waals surface area contributed by atoms with Crippen molar-refractivity contribution in [3.05, 3.63) is 59.1 Å². The van der Waals surface area contributed by atoms with Crippen molar-refractivity contribution in [2.24, 2.45) is 0 Å². The van der Waals surface area contributed by atoms with Gasteiger partial charge < -0.3 is 9.15 Å². The molecular weight excluding hydrogens is 362 g/mol. The number of para-hydroxylation sites is 2. The third kappa shape index (κ3) is 4.41. The summed E-state index contributed by atoms with van der Waals surface area (Å²) in [6, 6.07) is 13.8. The predicted molar refractivity (Wildman–Crippen MR) is 96.1 cm³/mol. The van der Waals surface area contributed by atoms with Gasteiger partial charge >= 0.3 is 5.97 Å². The molecule has 0 bridgehead atoms. The molecule has 0 N–H and O–H groups in total. The maximum Gasteiger partial charge on any atom is 0.317 e. The highest BCUT2D eigenvalue weighted by Crippen LogP contribution is 2.23. The van der Waals surface area contributed by atoms with Gasteiger partial charge in [0.2, 0.25) is 5.78 Å². The number of fused-ring (bicyclic) bond motifs is 1. The molecule has 0 fully saturated rings. The third-order valence-electron chi connectivity index (χ3n) is 3.39. The van der Waals surface area contributed by atoms with Crippen molar-refractivity contribution in [3.63, 3.8) is 0 Å². The standard InChI is InChI=1S/C18H14ClNO4S/c1-11(17(22)12-6-8-13(19)9-7-12)23-16(21)10-25-18-20-14-4-2-3-5-15(14)24-18/h2-9,11H,10H2,1H3/t11-/m0/s1. The van der Waals surface area contributed by atoms with E-state index in [0.29, 0.717) is 21.4 Å². The highest BCUT2D eigenvalue weighted by Gasteiger charge is 2.20. The Kier molecular flexibility index (Phi) is 5.40. The lowest BCUT2D eigenvalue weighted by Crippen LogP contribution is -2.25. The van der Waals surface area contributed by atoms with Crippen molar-refractivity contribution >= 4 is 46.2 Å². The van der Waals surface area contributed by atoms with Crippen molar-refractivity contribution in [2.45, 2.75) is 18.3 Å². The number of carbonyl (C=O) groups excluding carboxylic acids is 2. The first kappa shape index (κ1) is 17.5. The molecule has 1 aromatic heterocycles. The molecule has 0 saturated carbocycles. The lowest BCUT2D eigenvalue weighted by molar-refractivity contribution is -0.143. The lowest BCUT2D eigenvalue weighted by atomic mass is 10.1. The van der Waals surface area contributed by atoms with E-state index in [-0.39, 0.29) is 11.5 Å². The van der Waals surface area contributed by atoms with Crippen LogP contribution in [0, 0.1) is 0 Å². The Bertz CT molecular complexity index is 874. The molecule has 0 unspecified atom stereocenters. The van der Waals surface area contributed by atoms with E-state index in [0.717, 1.165) is 17.3 Å². The second kappa shape index (κ2) is 7.72. The summed E-state index contributed by atoms with van der Waals surface area (Å²) in [4.78, 5) is 28.4. The number of esters is 1. The highest BCUT2D eigenvalue weighted by atomic mass is 35.5. The smallest absolute Gasteiger partial charge is 0.317 e. The Labute approximate surface area is 153 Å². The van der Waals surface area contributed by atoms with Crippen LogP contribution in [0.3, 0.4) is 0 Å². The van der Waals surface area contributed by atoms with E-state index in [4.69, 9.17) is 20.8 Å². The van der Waals surface area contributed by atoms with Crippen LogP contribution in [0.15, 0.2) is 58.2 Å². The fraction of sp³-hybridized carbons (Fsp3) is 0.167. The molecule has 25 heavy (non-hydrogen) atoms. The lowest BCUT2D eigenvalue weighted by Gasteiger charge is -2.11. The van der Waals surface area contributed by atoms with E-state index in [1.807, 2.05) is 18.2 Å². The molecule has 0 aliphatic heterocycles. The zero-order valence-electron chi connectivity index (χ0n) is 13.3. The van der Waals surface area contributed by atoms with Crippen LogP contribution in [0.25, 0.3) is 11.1 Å². The van der Waals surface area contributed by atoms with Gasteiger partial charge in [0.15, 0.2) is 11.7 Å². The first-order valence-electron chi connectivity index (χ1n) is 7.50. The quantitative estimate of drug-likeness (QED) is 0.361. The monoisotopic (exact) mass is 375 g/mol. The number of halogens is 1. The predicted octanol–water partition coefficient (Wildman–Crippen LogP) is 4.39. The van der Waals surface area contributed by atoms with E-state index >= 15 is 0 Å². The Morgan fingerprint density at radius 2 is 1.92 bits per heavy atom. The van der Waals surface area contributed by atoms with Crippen LogP contribution in [0.2, 0.25) is 5.02 Å². The van der Waals surface area contributed by atoms with E-state index in [1.54, 1.807) is 37.3 Å². The highest BCUT2D eigenvalue weighted by molar-refractivity contribution is 7.99. The first-order chi connectivity index (χ1) is 12.0. The number of nitrogens with zero attached hydrogens (tertiary/aromatic N) is 1. The normalized spacial score (nSPS) is 12.1. The average molecular weight is 376 g/mol. The van der Waals surface area contributed by atoms with Crippen LogP contribution in [-0.4, -0.2) is 28.6 Å². The molecule has 3 rings (SSSR count). The Balaban J connectivity index is 1.54. The molecular formula is C18H14ClNO4S. The minimum atomic E-state index is -0.877. The molecule has 0 aliphatic carbocycles. The van der Waals surface area contributed by atoms with Crippen LogP contribution in [-0.2, 0) is 9.53 Å². The van der Waals surface area contributed by atoms with E-state index in [1.165, 1.54) is 0 Å². The molecule has 5 nitrogen and oxygen atoms in total. The largest absolute Gasteiger partial charge is 0.454 e. The van der Waals surface area contributed by atoms with Crippen molar-refractivity contribution in [1.82, 2.24) is 4.98 Å². The number of Topliss-reactive ketones (excluding diaryl/α,β-unsaturated/α-hetero) is 1. The maximum atomic E-state index is 12.2. The summed E-state index contributed by atoms with van der Waals surface area (Å²) in [5.41, 5.74) is 1.82. The molecule has 3 aromatic rings. The number of benzene rings is 2. The van der Waals surface area contributed by atoms with Crippen molar-refractivity contribution in [2.75, 3.05) is 5.75 Å². The second-order valence-corrected chi connectivity index (χ2v) is 6.60. The van der Waals surface area contributed by atoms with Gasteiger partial charge in [0.05, 0.1) is 0 Å². The SMILES string of the molecule is C[C@H](OC(=O)CSc1nc2ccccc2o1)C(=O)c1ccc(Cl)cc1. The molecule has 0 aliphatic rings. The third-order valence-corrected chi connectivity index (χ3v) is 4.45. The van der Waals surface area contributed by atoms with Gasteiger partial charge in [0.1, 0.15) is 11.3 Å². The fourth-order valence-corrected chi connectivity index (χ4v) is 2.91. The number of ketones is 1. The minimum Gasteiger partial charge on any atom is -0.454 e. The van der Waals surface area contributed by atoms with Crippen LogP contribution in [0.5, 0.6) is 0 Å². The number of aromatic nitrogens is 1. The van der Waals surface area contributed by atoms with Crippen LogP contribution >= 0.6 is 23.4 Å². The summed E-state index contributed by atoms with van der Waals surface area (Å²) >= 11 is 6.92. The number of hydrogen-bond donors (Lipinski definition) is 0. The molecule has 0 amide bonds. The Morgan fingerprint density at radius 3 is 2.64 bits per heavy atom. The molecule has 128 valence electrons. The zero-order chi connectivity index (χ0) is 17.8. The zero-order valence-corrected chi connectivity index (χ0v) is 14.8. The topological polar surface area (TPSA) is 69.4 Å². The van der Waals surface area contributed by atoms with Gasteiger partial charge in [-0.05, 0) is 43.3 Å². The van der Waals surface area contributed by atoms with Crippen molar-refractivity contribution < 1.29 is 18.7 Å². The average Bonchev–Trinajstić information content (AvgIpc) is 3.03. The molecule has 0 spiro atoms. The van der Waals surface area contributed by atoms with Gasteiger partial charge in [-0.15, -0.1) is 0 Å². The van der Waals surface area contributed by atoms with Crippen LogP contribution in [0.4, 0.5) is 0 Å². The number of rotatable bonds is 6.